The van der Waals surface area contributed by atoms with E-state index in [9.17, 15) is 4.79 Å². The number of carbonyl (C=O) groups is 1. The quantitative estimate of drug-likeness (QED) is 0.620. The Balaban J connectivity index is 1.88. The van der Waals surface area contributed by atoms with E-state index in [1.54, 1.807) is 0 Å². The van der Waals surface area contributed by atoms with Crippen molar-refractivity contribution in [2.75, 3.05) is 13.1 Å². The Morgan fingerprint density at radius 2 is 1.80 bits per heavy atom. The van der Waals surface area contributed by atoms with Crippen molar-refractivity contribution in [3.05, 3.63) is 71.9 Å². The highest BCUT2D eigenvalue weighted by Gasteiger charge is 2.20. The molecule has 0 aliphatic heterocycles. The number of amides is 1. The number of aromatic amines is 1. The number of carbonyl (C=O) groups excluding carboxylic acids is 1. The van der Waals surface area contributed by atoms with Crippen LogP contribution in [0.1, 0.15) is 30.9 Å². The largest absolute Gasteiger partial charge is 0.361 e. The van der Waals surface area contributed by atoms with E-state index in [-0.39, 0.29) is 17.9 Å². The zero-order valence-electron chi connectivity index (χ0n) is 14.8. The van der Waals surface area contributed by atoms with Crippen LogP contribution in [0.2, 0.25) is 0 Å². The molecular weight excluding hydrogens is 310 g/mol. The van der Waals surface area contributed by atoms with Gasteiger partial charge in [0.1, 0.15) is 0 Å². The summed E-state index contributed by atoms with van der Waals surface area (Å²) >= 11 is 0. The number of hydrogen-bond donors (Lipinski definition) is 3. The summed E-state index contributed by atoms with van der Waals surface area (Å²) in [6, 6.07) is 18.5. The molecule has 4 nitrogen and oxygen atoms in total. The fourth-order valence-electron chi connectivity index (χ4n) is 3.19. The Morgan fingerprint density at radius 3 is 2.56 bits per heavy atom. The van der Waals surface area contributed by atoms with Crippen LogP contribution in [0.5, 0.6) is 0 Å². The smallest absolute Gasteiger partial charge is 0.236 e. The molecule has 130 valence electrons. The SMILES string of the molecule is CCNC(=O)[C@@H](C)NC[C@H](c1ccccc1)c1c[nH]c2ccccc12. The van der Waals surface area contributed by atoms with Crippen molar-refractivity contribution in [3.8, 4) is 0 Å². The number of likely N-dealkylation sites (N-methyl/N-ethyl adjacent to an activating group) is 1. The number of benzene rings is 2. The molecule has 0 aliphatic carbocycles. The number of nitrogens with one attached hydrogen (secondary N) is 3. The zero-order chi connectivity index (χ0) is 17.6. The molecule has 3 N–H and O–H groups in total. The maximum Gasteiger partial charge on any atom is 0.236 e. The predicted molar refractivity (Wildman–Crippen MR) is 103 cm³/mol. The lowest BCUT2D eigenvalue weighted by molar-refractivity contribution is -0.122. The van der Waals surface area contributed by atoms with Crippen LogP contribution in [0.25, 0.3) is 10.9 Å². The lowest BCUT2D eigenvalue weighted by Crippen LogP contribution is -2.43. The van der Waals surface area contributed by atoms with Crippen molar-refractivity contribution in [1.82, 2.24) is 15.6 Å². The maximum absolute atomic E-state index is 12.0. The second-order valence-electron chi connectivity index (χ2n) is 6.28. The van der Waals surface area contributed by atoms with Gasteiger partial charge in [-0.1, -0.05) is 48.5 Å². The molecule has 3 rings (SSSR count). The number of rotatable bonds is 7. The second kappa shape index (κ2) is 7.99. The molecule has 25 heavy (non-hydrogen) atoms. The van der Waals surface area contributed by atoms with E-state index < -0.39 is 0 Å². The van der Waals surface area contributed by atoms with Gasteiger partial charge < -0.3 is 15.6 Å². The third-order valence-electron chi connectivity index (χ3n) is 4.57. The maximum atomic E-state index is 12.0. The van der Waals surface area contributed by atoms with E-state index in [4.69, 9.17) is 0 Å². The Hall–Kier alpha value is -2.59. The second-order valence-corrected chi connectivity index (χ2v) is 6.28. The minimum absolute atomic E-state index is 0.0354. The first-order valence-corrected chi connectivity index (χ1v) is 8.82. The summed E-state index contributed by atoms with van der Waals surface area (Å²) < 4.78 is 0. The Morgan fingerprint density at radius 1 is 1.08 bits per heavy atom. The molecule has 0 fully saturated rings. The standard InChI is InChI=1S/C21H25N3O/c1-3-22-21(25)15(2)23-13-18(16-9-5-4-6-10-16)19-14-24-20-12-8-7-11-17(19)20/h4-12,14-15,18,23-24H,3,13H2,1-2H3,(H,22,25)/t15-,18-/m1/s1. The first kappa shape index (κ1) is 17.2. The summed E-state index contributed by atoms with van der Waals surface area (Å²) in [5, 5.41) is 7.48. The average molecular weight is 335 g/mol. The zero-order valence-corrected chi connectivity index (χ0v) is 14.8. The van der Waals surface area contributed by atoms with Gasteiger partial charge in [-0.2, -0.15) is 0 Å². The number of aromatic nitrogens is 1. The lowest BCUT2D eigenvalue weighted by Gasteiger charge is -2.21. The monoisotopic (exact) mass is 335 g/mol. The fraction of sp³-hybridized carbons (Fsp3) is 0.286. The van der Waals surface area contributed by atoms with Crippen LogP contribution in [0.3, 0.4) is 0 Å². The van der Waals surface area contributed by atoms with Gasteiger partial charge in [0.2, 0.25) is 5.91 Å². The Bertz CT molecular complexity index is 825. The number of fused-ring (bicyclic) bond motifs is 1. The van der Waals surface area contributed by atoms with Crippen molar-refractivity contribution in [3.63, 3.8) is 0 Å². The third kappa shape index (κ3) is 3.91. The topological polar surface area (TPSA) is 56.9 Å². The molecule has 1 amide bonds. The van der Waals surface area contributed by atoms with E-state index in [0.717, 1.165) is 5.52 Å². The van der Waals surface area contributed by atoms with E-state index >= 15 is 0 Å². The molecule has 2 atom stereocenters. The molecule has 0 aliphatic rings. The minimum Gasteiger partial charge on any atom is -0.361 e. The van der Waals surface area contributed by atoms with Gasteiger partial charge in [0.05, 0.1) is 6.04 Å². The number of H-pyrrole nitrogens is 1. The van der Waals surface area contributed by atoms with Gasteiger partial charge in [-0.3, -0.25) is 4.79 Å². The molecule has 0 saturated heterocycles. The average Bonchev–Trinajstić information content (AvgIpc) is 3.07. The van der Waals surface area contributed by atoms with Crippen molar-refractivity contribution >= 4 is 16.8 Å². The van der Waals surface area contributed by atoms with Crippen LogP contribution >= 0.6 is 0 Å². The number of para-hydroxylation sites is 1. The lowest BCUT2D eigenvalue weighted by atomic mass is 9.90. The first-order valence-electron chi connectivity index (χ1n) is 8.82. The summed E-state index contributed by atoms with van der Waals surface area (Å²) in [6.45, 7) is 5.19. The highest BCUT2D eigenvalue weighted by molar-refractivity contribution is 5.84. The van der Waals surface area contributed by atoms with Gasteiger partial charge in [-0.15, -0.1) is 0 Å². The van der Waals surface area contributed by atoms with Crippen LogP contribution in [0, 0.1) is 0 Å². The van der Waals surface area contributed by atoms with Crippen molar-refractivity contribution < 1.29 is 4.79 Å². The fourth-order valence-corrected chi connectivity index (χ4v) is 3.19. The molecule has 1 heterocycles. The van der Waals surface area contributed by atoms with E-state index in [1.165, 1.54) is 16.5 Å². The Kier molecular flexibility index (Phi) is 5.51. The summed E-state index contributed by atoms with van der Waals surface area (Å²) in [7, 11) is 0. The van der Waals surface area contributed by atoms with E-state index in [2.05, 4.69) is 64.3 Å². The molecule has 0 radical (unpaired) electrons. The van der Waals surface area contributed by atoms with Crippen LogP contribution in [-0.2, 0) is 4.79 Å². The molecule has 2 aromatic carbocycles. The van der Waals surface area contributed by atoms with Crippen LogP contribution in [0.4, 0.5) is 0 Å². The Labute approximate surface area is 148 Å². The van der Waals surface area contributed by atoms with Crippen LogP contribution < -0.4 is 10.6 Å². The van der Waals surface area contributed by atoms with Crippen LogP contribution in [-0.4, -0.2) is 30.0 Å². The molecule has 0 saturated carbocycles. The van der Waals surface area contributed by atoms with Gasteiger partial charge in [0, 0.05) is 36.1 Å². The molecule has 3 aromatic rings. The van der Waals surface area contributed by atoms with Gasteiger partial charge in [-0.25, -0.2) is 0 Å². The minimum atomic E-state index is -0.226. The van der Waals surface area contributed by atoms with Gasteiger partial charge in [0.25, 0.3) is 0 Å². The third-order valence-corrected chi connectivity index (χ3v) is 4.57. The molecule has 1 aromatic heterocycles. The normalized spacial score (nSPS) is 13.5. The number of hydrogen-bond acceptors (Lipinski definition) is 2. The first-order chi connectivity index (χ1) is 12.2. The summed E-state index contributed by atoms with van der Waals surface area (Å²) in [6.07, 6.45) is 2.08. The molecule has 0 unspecified atom stereocenters. The van der Waals surface area contributed by atoms with E-state index in [0.29, 0.717) is 13.1 Å². The van der Waals surface area contributed by atoms with Crippen molar-refractivity contribution in [2.45, 2.75) is 25.8 Å². The van der Waals surface area contributed by atoms with Gasteiger partial charge in [-0.05, 0) is 31.0 Å². The summed E-state index contributed by atoms with van der Waals surface area (Å²) in [5.74, 6) is 0.211. The highest BCUT2D eigenvalue weighted by atomic mass is 16.2. The molecule has 0 spiro atoms. The van der Waals surface area contributed by atoms with Gasteiger partial charge in [0.15, 0.2) is 0 Å². The van der Waals surface area contributed by atoms with Crippen LogP contribution in [0.15, 0.2) is 60.8 Å². The predicted octanol–water partition coefficient (Wildman–Crippen LogP) is 3.41. The summed E-state index contributed by atoms with van der Waals surface area (Å²) in [4.78, 5) is 15.4. The molecule has 0 bridgehead atoms. The van der Waals surface area contributed by atoms with Crippen molar-refractivity contribution in [2.24, 2.45) is 0 Å². The van der Waals surface area contributed by atoms with Gasteiger partial charge >= 0.3 is 0 Å². The van der Waals surface area contributed by atoms with Crippen molar-refractivity contribution in [1.29, 1.82) is 0 Å². The highest BCUT2D eigenvalue weighted by Crippen LogP contribution is 2.30. The van der Waals surface area contributed by atoms with E-state index in [1.807, 2.05) is 26.0 Å². The summed E-state index contributed by atoms with van der Waals surface area (Å²) in [5.41, 5.74) is 3.62. The molecule has 4 heteroatoms. The molecular formula is C21H25N3O.